The zero-order valence-corrected chi connectivity index (χ0v) is 18.2. The first kappa shape index (κ1) is 22.6. The van der Waals surface area contributed by atoms with E-state index in [1.165, 1.54) is 17.0 Å². The summed E-state index contributed by atoms with van der Waals surface area (Å²) < 4.78 is 45.8. The van der Waals surface area contributed by atoms with Crippen LogP contribution in [-0.2, 0) is 6.18 Å². The van der Waals surface area contributed by atoms with Gasteiger partial charge in [-0.05, 0) is 43.3 Å². The van der Waals surface area contributed by atoms with Crippen molar-refractivity contribution in [2.75, 3.05) is 11.4 Å². The first-order valence-corrected chi connectivity index (χ1v) is 9.77. The van der Waals surface area contributed by atoms with Gasteiger partial charge in [0.2, 0.25) is 0 Å². The number of halogens is 3. The van der Waals surface area contributed by atoms with Crippen LogP contribution in [0.4, 0.5) is 18.9 Å². The quantitative estimate of drug-likeness (QED) is 0.421. The van der Waals surface area contributed by atoms with E-state index in [2.05, 4.69) is 15.2 Å². The fourth-order valence-electron chi connectivity index (χ4n) is 3.75. The van der Waals surface area contributed by atoms with Gasteiger partial charge in [-0.1, -0.05) is 5.16 Å². The van der Waals surface area contributed by atoms with Gasteiger partial charge in [-0.15, -0.1) is 0 Å². The van der Waals surface area contributed by atoms with Crippen LogP contribution in [0.25, 0.3) is 22.6 Å². The number of hydrogen-bond donors (Lipinski definition) is 0. The lowest BCUT2D eigenvalue weighted by atomic mass is 10.1. The first-order valence-electron chi connectivity index (χ1n) is 9.77. The van der Waals surface area contributed by atoms with Crippen LogP contribution < -0.4 is 4.90 Å². The van der Waals surface area contributed by atoms with E-state index in [1.807, 2.05) is 13.0 Å². The van der Waals surface area contributed by atoms with Crippen molar-refractivity contribution in [2.45, 2.75) is 19.1 Å². The molecule has 11 heteroatoms. The van der Waals surface area contributed by atoms with Gasteiger partial charge in [0.25, 0.3) is 5.91 Å². The van der Waals surface area contributed by atoms with E-state index in [4.69, 9.17) is 4.52 Å². The van der Waals surface area contributed by atoms with E-state index in [0.29, 0.717) is 28.4 Å². The van der Waals surface area contributed by atoms with Gasteiger partial charge in [0.1, 0.15) is 11.4 Å². The van der Waals surface area contributed by atoms with Gasteiger partial charge in [-0.3, -0.25) is 14.5 Å². The molecule has 0 saturated heterocycles. The number of amides is 1. The zero-order valence-electron chi connectivity index (χ0n) is 17.2. The van der Waals surface area contributed by atoms with Crippen molar-refractivity contribution >= 4 is 25.1 Å². The van der Waals surface area contributed by atoms with Crippen molar-refractivity contribution in [3.63, 3.8) is 0 Å². The summed E-state index contributed by atoms with van der Waals surface area (Å²) in [5.74, 6) is 0.116. The van der Waals surface area contributed by atoms with Crippen LogP contribution in [0, 0.1) is 0 Å². The highest BCUT2D eigenvalue weighted by molar-refractivity contribution is 7.59. The third kappa shape index (κ3) is 3.99. The highest BCUT2D eigenvalue weighted by atomic mass is 32.1. The Bertz CT molecular complexity index is 1290. The summed E-state index contributed by atoms with van der Waals surface area (Å²) >= 11 is 0. The molecule has 0 fully saturated rings. The van der Waals surface area contributed by atoms with Gasteiger partial charge in [-0.25, -0.2) is 0 Å². The number of benzene rings is 1. The lowest BCUT2D eigenvalue weighted by molar-refractivity contribution is -0.137. The van der Waals surface area contributed by atoms with Crippen molar-refractivity contribution in [3.05, 3.63) is 72.3 Å². The molecular weight excluding hydrogens is 455 g/mol. The molecule has 0 aliphatic carbocycles. The average Bonchev–Trinajstić information content (AvgIpc) is 3.44. The summed E-state index contributed by atoms with van der Waals surface area (Å²) in [6.07, 6.45) is 0.384. The van der Waals surface area contributed by atoms with Gasteiger partial charge in [0.15, 0.2) is 5.76 Å². The van der Waals surface area contributed by atoms with E-state index in [0.717, 1.165) is 17.7 Å². The maximum absolute atomic E-state index is 13.4. The number of carbonyl (C=O) groups excluding carboxylic acids is 1. The van der Waals surface area contributed by atoms with Crippen molar-refractivity contribution in [3.8, 4) is 22.6 Å². The number of fused-ring (bicyclic) bond motifs is 1. The molecule has 1 aliphatic rings. The molecule has 0 bridgehead atoms. The molecule has 0 saturated carbocycles. The molecule has 1 aliphatic heterocycles. The topological polar surface area (TPSA) is 77.1 Å². The molecule has 5 rings (SSSR count). The second-order valence-electron chi connectivity index (χ2n) is 7.48. The monoisotopic (exact) mass is 473 g/mol. The minimum Gasteiger partial charge on any atom is -0.356 e. The molecule has 4 heterocycles. The Labute approximate surface area is 193 Å². The van der Waals surface area contributed by atoms with Gasteiger partial charge in [0, 0.05) is 36.3 Å². The Morgan fingerprint density at radius 1 is 1.12 bits per heavy atom. The third-order valence-electron chi connectivity index (χ3n) is 5.35. The molecular formula is C22H18F3N5O2S. The molecule has 7 nitrogen and oxygen atoms in total. The smallest absolute Gasteiger partial charge is 0.356 e. The Hall–Kier alpha value is -3.60. The fourth-order valence-corrected chi connectivity index (χ4v) is 3.75. The third-order valence-corrected chi connectivity index (χ3v) is 5.35. The molecule has 170 valence electrons. The molecule has 0 spiro atoms. The SMILES string of the molecule is C[C@H]1CN(c2ccc(C(F)(F)F)cc2)C(=O)c2c(-c3cc(-c4cccnc4)on3)cnn21.S. The van der Waals surface area contributed by atoms with Crippen LogP contribution in [0.2, 0.25) is 0 Å². The maximum atomic E-state index is 13.4. The number of nitrogens with zero attached hydrogens (tertiary/aromatic N) is 5. The summed E-state index contributed by atoms with van der Waals surface area (Å²) in [4.78, 5) is 18.9. The number of carbonyl (C=O) groups is 1. The number of aromatic nitrogens is 4. The van der Waals surface area contributed by atoms with E-state index in [1.54, 1.807) is 35.4 Å². The van der Waals surface area contributed by atoms with Crippen LogP contribution in [0.5, 0.6) is 0 Å². The predicted molar refractivity (Wildman–Crippen MR) is 119 cm³/mol. The summed E-state index contributed by atoms with van der Waals surface area (Å²) in [5, 5.41) is 8.43. The van der Waals surface area contributed by atoms with Crippen molar-refractivity contribution < 1.29 is 22.5 Å². The molecule has 0 N–H and O–H groups in total. The lowest BCUT2D eigenvalue weighted by Gasteiger charge is -2.32. The van der Waals surface area contributed by atoms with Crippen LogP contribution in [0.15, 0.2) is 65.6 Å². The average molecular weight is 473 g/mol. The number of anilines is 1. The van der Waals surface area contributed by atoms with Crippen LogP contribution in [0.1, 0.15) is 29.0 Å². The zero-order chi connectivity index (χ0) is 22.5. The van der Waals surface area contributed by atoms with Crippen molar-refractivity contribution in [1.82, 2.24) is 19.9 Å². The van der Waals surface area contributed by atoms with Crippen LogP contribution in [0.3, 0.4) is 0 Å². The minimum atomic E-state index is -4.44. The molecule has 0 unspecified atom stereocenters. The highest BCUT2D eigenvalue weighted by Crippen LogP contribution is 2.35. The Morgan fingerprint density at radius 3 is 2.55 bits per heavy atom. The van der Waals surface area contributed by atoms with E-state index in [-0.39, 0.29) is 32.0 Å². The first-order chi connectivity index (χ1) is 15.3. The van der Waals surface area contributed by atoms with Gasteiger partial charge >= 0.3 is 6.18 Å². The number of hydrogen-bond acceptors (Lipinski definition) is 5. The van der Waals surface area contributed by atoms with E-state index >= 15 is 0 Å². The summed E-state index contributed by atoms with van der Waals surface area (Å²) in [6, 6.07) is 9.64. The van der Waals surface area contributed by atoms with Crippen LogP contribution >= 0.6 is 13.5 Å². The largest absolute Gasteiger partial charge is 0.416 e. The minimum absolute atomic E-state index is 0. The van der Waals surface area contributed by atoms with Gasteiger partial charge in [-0.2, -0.15) is 31.8 Å². The van der Waals surface area contributed by atoms with Crippen molar-refractivity contribution in [1.29, 1.82) is 0 Å². The Kier molecular flexibility index (Phi) is 5.75. The van der Waals surface area contributed by atoms with Crippen LogP contribution in [-0.4, -0.2) is 32.4 Å². The van der Waals surface area contributed by atoms with Gasteiger partial charge in [0.05, 0.1) is 23.4 Å². The molecule has 3 aromatic heterocycles. The number of rotatable bonds is 3. The number of pyridine rings is 1. The van der Waals surface area contributed by atoms with Crippen molar-refractivity contribution in [2.24, 2.45) is 0 Å². The second-order valence-corrected chi connectivity index (χ2v) is 7.48. The number of alkyl halides is 3. The fraction of sp³-hybridized carbons (Fsp3) is 0.182. The molecule has 33 heavy (non-hydrogen) atoms. The van der Waals surface area contributed by atoms with E-state index in [9.17, 15) is 18.0 Å². The van der Waals surface area contributed by atoms with Gasteiger partial charge < -0.3 is 9.42 Å². The highest BCUT2D eigenvalue weighted by Gasteiger charge is 2.35. The second kappa shape index (κ2) is 8.39. The molecule has 1 atom stereocenters. The molecule has 0 radical (unpaired) electrons. The van der Waals surface area contributed by atoms with E-state index < -0.39 is 11.7 Å². The Morgan fingerprint density at radius 2 is 1.88 bits per heavy atom. The summed E-state index contributed by atoms with van der Waals surface area (Å²) in [7, 11) is 0. The summed E-state index contributed by atoms with van der Waals surface area (Å²) in [5.41, 5.74) is 1.56. The molecule has 1 aromatic carbocycles. The maximum Gasteiger partial charge on any atom is 0.416 e. The molecule has 1 amide bonds. The normalized spacial score (nSPS) is 15.8. The molecule has 4 aromatic rings. The summed E-state index contributed by atoms with van der Waals surface area (Å²) in [6.45, 7) is 2.16. The standard InChI is InChI=1S/C22H16F3N5O2.H2S/c1-13-12-29(16-6-4-15(5-7-16)22(23,24)25)21(31)20-17(11-27-30(13)20)18-9-19(32-28-18)14-3-2-8-26-10-14;/h2-11,13H,12H2,1H3;1H2/t13-;/m0./s1. The Balaban J connectivity index is 0.00000259. The lowest BCUT2D eigenvalue weighted by Crippen LogP contribution is -2.42. The predicted octanol–water partition coefficient (Wildman–Crippen LogP) is 4.95.